The van der Waals surface area contributed by atoms with Crippen molar-refractivity contribution in [1.82, 2.24) is 5.32 Å². The van der Waals surface area contributed by atoms with Crippen molar-refractivity contribution >= 4 is 11.6 Å². The van der Waals surface area contributed by atoms with Crippen LogP contribution in [0.1, 0.15) is 26.7 Å². The van der Waals surface area contributed by atoms with Gasteiger partial charge in [0.05, 0.1) is 6.54 Å². The van der Waals surface area contributed by atoms with Crippen LogP contribution in [-0.2, 0) is 4.79 Å². The van der Waals surface area contributed by atoms with Crippen LogP contribution in [-0.4, -0.2) is 19.0 Å². The molecule has 3 heteroatoms. The molecule has 18 heavy (non-hydrogen) atoms. The van der Waals surface area contributed by atoms with Crippen molar-refractivity contribution in [2.45, 2.75) is 26.7 Å². The summed E-state index contributed by atoms with van der Waals surface area (Å²) in [5.41, 5.74) is 1.36. The second-order valence-corrected chi connectivity index (χ2v) is 5.51. The lowest BCUT2D eigenvalue weighted by atomic mass is 9.92. The van der Waals surface area contributed by atoms with E-state index in [2.05, 4.69) is 24.5 Å². The third-order valence-electron chi connectivity index (χ3n) is 3.98. The van der Waals surface area contributed by atoms with Gasteiger partial charge in [-0.25, -0.2) is 0 Å². The van der Waals surface area contributed by atoms with E-state index in [-0.39, 0.29) is 5.91 Å². The summed E-state index contributed by atoms with van der Waals surface area (Å²) in [7, 11) is 0. The zero-order chi connectivity index (χ0) is 13.0. The van der Waals surface area contributed by atoms with Crippen LogP contribution in [0.5, 0.6) is 0 Å². The fraction of sp³-hybridized carbons (Fsp3) is 0.533. The van der Waals surface area contributed by atoms with Crippen LogP contribution in [0.15, 0.2) is 30.3 Å². The molecule has 1 amide bonds. The average molecular weight is 246 g/mol. The van der Waals surface area contributed by atoms with E-state index in [9.17, 15) is 4.79 Å². The van der Waals surface area contributed by atoms with Crippen LogP contribution in [0, 0.1) is 11.3 Å². The fourth-order valence-electron chi connectivity index (χ4n) is 2.19. The van der Waals surface area contributed by atoms with Crippen molar-refractivity contribution in [3.8, 4) is 0 Å². The Labute approximate surface area is 109 Å². The van der Waals surface area contributed by atoms with Gasteiger partial charge < -0.3 is 10.6 Å². The minimum Gasteiger partial charge on any atom is -0.376 e. The second-order valence-electron chi connectivity index (χ2n) is 5.51. The van der Waals surface area contributed by atoms with Gasteiger partial charge in [-0.15, -0.1) is 0 Å². The number of carbonyl (C=O) groups is 1. The largest absolute Gasteiger partial charge is 0.376 e. The van der Waals surface area contributed by atoms with Gasteiger partial charge in [-0.05, 0) is 36.3 Å². The molecule has 1 fully saturated rings. The van der Waals surface area contributed by atoms with Crippen LogP contribution in [0.25, 0.3) is 0 Å². The summed E-state index contributed by atoms with van der Waals surface area (Å²) in [4.78, 5) is 11.7. The van der Waals surface area contributed by atoms with Crippen LogP contribution in [0.2, 0.25) is 0 Å². The molecule has 0 saturated heterocycles. The number of amides is 1. The molecule has 1 aromatic carbocycles. The Hall–Kier alpha value is -1.51. The van der Waals surface area contributed by atoms with Crippen molar-refractivity contribution < 1.29 is 4.79 Å². The molecular weight excluding hydrogens is 224 g/mol. The van der Waals surface area contributed by atoms with Gasteiger partial charge in [-0.1, -0.05) is 32.0 Å². The minimum absolute atomic E-state index is 0.0748. The van der Waals surface area contributed by atoms with Gasteiger partial charge in [0.15, 0.2) is 0 Å². The van der Waals surface area contributed by atoms with Crippen molar-refractivity contribution in [1.29, 1.82) is 0 Å². The molecule has 1 saturated carbocycles. The molecule has 0 unspecified atom stereocenters. The van der Waals surface area contributed by atoms with Gasteiger partial charge in [0, 0.05) is 12.2 Å². The SMILES string of the molecule is CC(C)C1(CNC(=O)CNc2ccccc2)CC1. The highest BCUT2D eigenvalue weighted by molar-refractivity contribution is 5.80. The molecular formula is C15H22N2O. The van der Waals surface area contributed by atoms with Crippen molar-refractivity contribution in [2.75, 3.05) is 18.4 Å². The summed E-state index contributed by atoms with van der Waals surface area (Å²) in [5, 5.41) is 6.15. The maximum atomic E-state index is 11.7. The molecule has 1 aliphatic carbocycles. The van der Waals surface area contributed by atoms with E-state index in [1.807, 2.05) is 30.3 Å². The first-order chi connectivity index (χ1) is 8.62. The molecule has 0 spiro atoms. The van der Waals surface area contributed by atoms with Crippen LogP contribution < -0.4 is 10.6 Å². The molecule has 98 valence electrons. The topological polar surface area (TPSA) is 41.1 Å². The van der Waals surface area contributed by atoms with Crippen molar-refractivity contribution in [3.63, 3.8) is 0 Å². The molecule has 0 aliphatic heterocycles. The van der Waals surface area contributed by atoms with Gasteiger partial charge in [0.2, 0.25) is 5.91 Å². The lowest BCUT2D eigenvalue weighted by molar-refractivity contribution is -0.119. The van der Waals surface area contributed by atoms with E-state index in [4.69, 9.17) is 0 Å². The molecule has 1 aromatic rings. The highest BCUT2D eigenvalue weighted by Gasteiger charge is 2.45. The predicted molar refractivity (Wildman–Crippen MR) is 74.4 cm³/mol. The maximum Gasteiger partial charge on any atom is 0.239 e. The Balaban J connectivity index is 1.70. The number of carbonyl (C=O) groups excluding carboxylic acids is 1. The third-order valence-corrected chi connectivity index (χ3v) is 3.98. The maximum absolute atomic E-state index is 11.7. The summed E-state index contributed by atoms with van der Waals surface area (Å²) in [5.74, 6) is 0.727. The van der Waals surface area contributed by atoms with Crippen LogP contribution >= 0.6 is 0 Å². The smallest absolute Gasteiger partial charge is 0.239 e. The standard InChI is InChI=1S/C15H22N2O/c1-12(2)15(8-9-15)11-17-14(18)10-16-13-6-4-3-5-7-13/h3-7,12,16H,8-11H2,1-2H3,(H,17,18). The van der Waals surface area contributed by atoms with E-state index in [1.54, 1.807) is 0 Å². The molecule has 2 N–H and O–H groups in total. The Morgan fingerprint density at radius 1 is 1.28 bits per heavy atom. The van der Waals surface area contributed by atoms with Gasteiger partial charge in [0.25, 0.3) is 0 Å². The van der Waals surface area contributed by atoms with E-state index in [0.717, 1.165) is 12.2 Å². The molecule has 3 nitrogen and oxygen atoms in total. The molecule has 1 aliphatic rings. The number of para-hydroxylation sites is 1. The summed E-state index contributed by atoms with van der Waals surface area (Å²) in [6.07, 6.45) is 2.49. The van der Waals surface area contributed by atoms with E-state index >= 15 is 0 Å². The van der Waals surface area contributed by atoms with Crippen molar-refractivity contribution in [3.05, 3.63) is 30.3 Å². The molecule has 0 heterocycles. The fourth-order valence-corrected chi connectivity index (χ4v) is 2.19. The average Bonchev–Trinajstić information content (AvgIpc) is 3.16. The summed E-state index contributed by atoms with van der Waals surface area (Å²) in [6, 6.07) is 9.80. The van der Waals surface area contributed by atoms with Crippen LogP contribution in [0.3, 0.4) is 0 Å². The van der Waals surface area contributed by atoms with E-state index in [0.29, 0.717) is 17.9 Å². The first-order valence-corrected chi connectivity index (χ1v) is 6.68. The van der Waals surface area contributed by atoms with E-state index in [1.165, 1.54) is 12.8 Å². The van der Waals surface area contributed by atoms with Gasteiger partial charge in [-0.3, -0.25) is 4.79 Å². The Morgan fingerprint density at radius 2 is 1.94 bits per heavy atom. The zero-order valence-corrected chi connectivity index (χ0v) is 11.2. The van der Waals surface area contributed by atoms with Crippen LogP contribution in [0.4, 0.5) is 5.69 Å². The van der Waals surface area contributed by atoms with Gasteiger partial charge in [-0.2, -0.15) is 0 Å². The Morgan fingerprint density at radius 3 is 2.50 bits per heavy atom. The summed E-state index contributed by atoms with van der Waals surface area (Å²) >= 11 is 0. The monoisotopic (exact) mass is 246 g/mol. The number of benzene rings is 1. The number of nitrogens with one attached hydrogen (secondary N) is 2. The first kappa shape index (κ1) is 12.9. The quantitative estimate of drug-likeness (QED) is 0.810. The lowest BCUT2D eigenvalue weighted by Crippen LogP contribution is -2.36. The minimum atomic E-state index is 0.0748. The Bertz CT molecular complexity index is 396. The summed E-state index contributed by atoms with van der Waals surface area (Å²) < 4.78 is 0. The molecule has 2 rings (SSSR count). The highest BCUT2D eigenvalue weighted by Crippen LogP contribution is 2.51. The highest BCUT2D eigenvalue weighted by atomic mass is 16.1. The van der Waals surface area contributed by atoms with Gasteiger partial charge >= 0.3 is 0 Å². The molecule has 0 aromatic heterocycles. The normalized spacial score (nSPS) is 16.4. The van der Waals surface area contributed by atoms with Crippen molar-refractivity contribution in [2.24, 2.45) is 11.3 Å². The molecule has 0 bridgehead atoms. The number of rotatable bonds is 6. The Kier molecular flexibility index (Phi) is 3.90. The molecule has 0 radical (unpaired) electrons. The second kappa shape index (κ2) is 5.42. The van der Waals surface area contributed by atoms with E-state index < -0.39 is 0 Å². The van der Waals surface area contributed by atoms with Gasteiger partial charge in [0.1, 0.15) is 0 Å². The number of anilines is 1. The third kappa shape index (κ3) is 3.25. The predicted octanol–water partition coefficient (Wildman–Crippen LogP) is 2.65. The number of hydrogen-bond donors (Lipinski definition) is 2. The lowest BCUT2D eigenvalue weighted by Gasteiger charge is -2.20. The summed E-state index contributed by atoms with van der Waals surface area (Å²) in [6.45, 7) is 5.64. The first-order valence-electron chi connectivity index (χ1n) is 6.68. The molecule has 0 atom stereocenters. The number of hydrogen-bond acceptors (Lipinski definition) is 2. The zero-order valence-electron chi connectivity index (χ0n) is 11.2.